The van der Waals surface area contributed by atoms with Crippen LogP contribution in [0, 0.1) is 5.82 Å². The Balaban J connectivity index is 2.31. The van der Waals surface area contributed by atoms with Crippen molar-refractivity contribution < 1.29 is 27.4 Å². The minimum Gasteiger partial charge on any atom is -0.478 e. The Morgan fingerprint density at radius 1 is 1.35 bits per heavy atom. The minimum atomic E-state index is -4.01. The summed E-state index contributed by atoms with van der Waals surface area (Å²) < 4.78 is 45.9. The summed E-state index contributed by atoms with van der Waals surface area (Å²) in [7, 11) is -4.01. The van der Waals surface area contributed by atoms with Crippen LogP contribution in [0.2, 0.25) is 0 Å². The Morgan fingerprint density at radius 3 is 2.60 bits per heavy atom. The molecular formula is C11H13FN2O5S. The zero-order chi connectivity index (χ0) is 14.8. The highest BCUT2D eigenvalue weighted by Gasteiger charge is 2.27. The number of ether oxygens (including phenoxy) is 1. The molecule has 110 valence electrons. The standard InChI is InChI=1S/C11H13FN2O5S/c12-9-3-1-2-8(11(15)16)10(9)13-20(17,18)14-4-6-19-7-5-14/h1-3,13H,4-7H2,(H,15,16). The number of anilines is 1. The Labute approximate surface area is 115 Å². The first-order valence-electron chi connectivity index (χ1n) is 5.79. The predicted octanol–water partition coefficient (Wildman–Crippen LogP) is 0.513. The largest absolute Gasteiger partial charge is 0.478 e. The Hall–Kier alpha value is -1.71. The van der Waals surface area contributed by atoms with Gasteiger partial charge >= 0.3 is 16.2 Å². The van der Waals surface area contributed by atoms with E-state index in [0.29, 0.717) is 0 Å². The maximum absolute atomic E-state index is 13.7. The molecule has 2 rings (SSSR count). The third-order valence-electron chi connectivity index (χ3n) is 2.79. The number of aromatic carboxylic acids is 1. The van der Waals surface area contributed by atoms with Crippen molar-refractivity contribution in [3.05, 3.63) is 29.6 Å². The number of nitrogens with zero attached hydrogens (tertiary/aromatic N) is 1. The topological polar surface area (TPSA) is 95.9 Å². The number of rotatable bonds is 4. The summed E-state index contributed by atoms with van der Waals surface area (Å²) in [6.07, 6.45) is 0. The molecule has 1 aromatic carbocycles. The molecule has 9 heteroatoms. The molecule has 0 saturated carbocycles. The van der Waals surface area contributed by atoms with E-state index in [-0.39, 0.29) is 26.3 Å². The third kappa shape index (κ3) is 3.06. The number of carboxylic acid groups (broad SMARTS) is 1. The fraction of sp³-hybridized carbons (Fsp3) is 0.364. The summed E-state index contributed by atoms with van der Waals surface area (Å²) in [5.41, 5.74) is -1.01. The van der Waals surface area contributed by atoms with Crippen LogP contribution in [-0.4, -0.2) is 50.1 Å². The van der Waals surface area contributed by atoms with Gasteiger partial charge in [0.25, 0.3) is 0 Å². The van der Waals surface area contributed by atoms with Gasteiger partial charge in [0.15, 0.2) is 0 Å². The number of para-hydroxylation sites is 1. The molecule has 0 bridgehead atoms. The van der Waals surface area contributed by atoms with Gasteiger partial charge in [0, 0.05) is 13.1 Å². The molecule has 0 atom stereocenters. The molecule has 1 aliphatic rings. The fourth-order valence-electron chi connectivity index (χ4n) is 1.79. The Bertz CT molecular complexity index is 613. The first-order valence-corrected chi connectivity index (χ1v) is 7.23. The summed E-state index contributed by atoms with van der Waals surface area (Å²) in [4.78, 5) is 11.0. The Morgan fingerprint density at radius 2 is 2.00 bits per heavy atom. The number of carbonyl (C=O) groups is 1. The quantitative estimate of drug-likeness (QED) is 0.845. The molecule has 2 N–H and O–H groups in total. The van der Waals surface area contributed by atoms with Crippen LogP contribution in [0.1, 0.15) is 10.4 Å². The molecule has 1 saturated heterocycles. The number of nitrogens with one attached hydrogen (secondary N) is 1. The minimum absolute atomic E-state index is 0.131. The van der Waals surface area contributed by atoms with Crippen molar-refractivity contribution in [2.45, 2.75) is 0 Å². The molecule has 1 aliphatic heterocycles. The fourth-order valence-corrected chi connectivity index (χ4v) is 3.01. The highest BCUT2D eigenvalue weighted by atomic mass is 32.2. The van der Waals surface area contributed by atoms with E-state index in [2.05, 4.69) is 0 Å². The molecule has 0 amide bonds. The van der Waals surface area contributed by atoms with E-state index in [9.17, 15) is 17.6 Å². The van der Waals surface area contributed by atoms with E-state index < -0.39 is 33.2 Å². The van der Waals surface area contributed by atoms with Crippen LogP contribution < -0.4 is 4.72 Å². The molecule has 0 radical (unpaired) electrons. The molecule has 7 nitrogen and oxygen atoms in total. The van der Waals surface area contributed by atoms with Crippen LogP contribution in [0.15, 0.2) is 18.2 Å². The van der Waals surface area contributed by atoms with E-state index in [1.807, 2.05) is 4.72 Å². The average molecular weight is 304 g/mol. The van der Waals surface area contributed by atoms with Crippen molar-refractivity contribution >= 4 is 21.9 Å². The summed E-state index contributed by atoms with van der Waals surface area (Å²) in [5, 5.41) is 8.96. The lowest BCUT2D eigenvalue weighted by molar-refractivity contribution is 0.0697. The highest BCUT2D eigenvalue weighted by molar-refractivity contribution is 7.90. The predicted molar refractivity (Wildman–Crippen MR) is 68.3 cm³/mol. The lowest BCUT2D eigenvalue weighted by atomic mass is 10.2. The van der Waals surface area contributed by atoms with Crippen LogP contribution in [0.25, 0.3) is 0 Å². The summed E-state index contributed by atoms with van der Waals surface area (Å²) in [6.45, 7) is 0.742. The van der Waals surface area contributed by atoms with E-state index in [1.54, 1.807) is 0 Å². The van der Waals surface area contributed by atoms with Crippen LogP contribution in [0.4, 0.5) is 10.1 Å². The van der Waals surface area contributed by atoms with Crippen molar-refractivity contribution in [1.82, 2.24) is 4.31 Å². The molecule has 1 heterocycles. The molecule has 0 spiro atoms. The van der Waals surface area contributed by atoms with Crippen LogP contribution in [-0.2, 0) is 14.9 Å². The van der Waals surface area contributed by atoms with Gasteiger partial charge in [-0.05, 0) is 12.1 Å². The number of halogens is 1. The van der Waals surface area contributed by atoms with Gasteiger partial charge in [-0.1, -0.05) is 6.07 Å². The molecule has 1 aromatic rings. The summed E-state index contributed by atoms with van der Waals surface area (Å²) >= 11 is 0. The first kappa shape index (κ1) is 14.7. The lowest BCUT2D eigenvalue weighted by Crippen LogP contribution is -2.43. The lowest BCUT2D eigenvalue weighted by Gasteiger charge is -2.26. The smallest absolute Gasteiger partial charge is 0.337 e. The van der Waals surface area contributed by atoms with Crippen molar-refractivity contribution in [3.8, 4) is 0 Å². The van der Waals surface area contributed by atoms with Gasteiger partial charge in [-0.2, -0.15) is 12.7 Å². The molecule has 0 aromatic heterocycles. The third-order valence-corrected chi connectivity index (χ3v) is 4.29. The SMILES string of the molecule is O=C(O)c1cccc(F)c1NS(=O)(=O)N1CCOCC1. The molecule has 1 fully saturated rings. The average Bonchev–Trinajstić information content (AvgIpc) is 2.41. The van der Waals surface area contributed by atoms with Crippen LogP contribution >= 0.6 is 0 Å². The zero-order valence-electron chi connectivity index (χ0n) is 10.4. The van der Waals surface area contributed by atoms with Crippen LogP contribution in [0.3, 0.4) is 0 Å². The van der Waals surface area contributed by atoms with Gasteiger partial charge in [0.2, 0.25) is 0 Å². The van der Waals surface area contributed by atoms with Gasteiger partial charge in [-0.15, -0.1) is 0 Å². The van der Waals surface area contributed by atoms with Crippen molar-refractivity contribution in [2.24, 2.45) is 0 Å². The second kappa shape index (κ2) is 5.73. The number of benzene rings is 1. The Kier molecular flexibility index (Phi) is 4.21. The molecule has 20 heavy (non-hydrogen) atoms. The second-order valence-corrected chi connectivity index (χ2v) is 5.76. The van der Waals surface area contributed by atoms with E-state index in [1.165, 1.54) is 6.07 Å². The maximum atomic E-state index is 13.7. The van der Waals surface area contributed by atoms with Crippen molar-refractivity contribution in [3.63, 3.8) is 0 Å². The van der Waals surface area contributed by atoms with Crippen molar-refractivity contribution in [1.29, 1.82) is 0 Å². The van der Waals surface area contributed by atoms with Crippen molar-refractivity contribution in [2.75, 3.05) is 31.0 Å². The molecular weight excluding hydrogens is 291 g/mol. The highest BCUT2D eigenvalue weighted by Crippen LogP contribution is 2.22. The first-order chi connectivity index (χ1) is 9.42. The van der Waals surface area contributed by atoms with Gasteiger partial charge in [-0.25, -0.2) is 9.18 Å². The monoisotopic (exact) mass is 304 g/mol. The van der Waals surface area contributed by atoms with Gasteiger partial charge in [0.05, 0.1) is 24.5 Å². The molecule has 0 aliphatic carbocycles. The second-order valence-electron chi connectivity index (χ2n) is 4.09. The molecule has 0 unspecified atom stereocenters. The number of carboxylic acids is 1. The van der Waals surface area contributed by atoms with Gasteiger partial charge in [0.1, 0.15) is 5.82 Å². The summed E-state index contributed by atoms with van der Waals surface area (Å²) in [6, 6.07) is 3.32. The summed E-state index contributed by atoms with van der Waals surface area (Å²) in [5.74, 6) is -2.36. The van der Waals surface area contributed by atoms with Gasteiger partial charge in [-0.3, -0.25) is 4.72 Å². The van der Waals surface area contributed by atoms with Crippen LogP contribution in [0.5, 0.6) is 0 Å². The van der Waals surface area contributed by atoms with E-state index in [4.69, 9.17) is 9.84 Å². The van der Waals surface area contributed by atoms with Gasteiger partial charge < -0.3 is 9.84 Å². The normalized spacial score (nSPS) is 16.9. The maximum Gasteiger partial charge on any atom is 0.337 e. The number of hydrogen-bond donors (Lipinski definition) is 2. The van der Waals surface area contributed by atoms with E-state index >= 15 is 0 Å². The zero-order valence-corrected chi connectivity index (χ0v) is 11.2. The van der Waals surface area contributed by atoms with E-state index in [0.717, 1.165) is 16.4 Å². The number of hydrogen-bond acceptors (Lipinski definition) is 4. The number of morpholine rings is 1.